The maximum absolute atomic E-state index is 5.28. The van der Waals surface area contributed by atoms with Gasteiger partial charge < -0.3 is 9.47 Å². The van der Waals surface area contributed by atoms with Gasteiger partial charge in [-0.2, -0.15) is 0 Å². The first-order valence-corrected chi connectivity index (χ1v) is 4.44. The van der Waals surface area contributed by atoms with Crippen molar-refractivity contribution in [3.05, 3.63) is 30.6 Å². The van der Waals surface area contributed by atoms with Gasteiger partial charge in [-0.1, -0.05) is 12.0 Å². The van der Waals surface area contributed by atoms with Gasteiger partial charge in [0.2, 0.25) is 0 Å². The lowest BCUT2D eigenvalue weighted by Crippen LogP contribution is -2.16. The molecular formula is C11H12N2. The Morgan fingerprint density at radius 2 is 2.46 bits per heavy atom. The van der Waals surface area contributed by atoms with Crippen molar-refractivity contribution < 1.29 is 0 Å². The monoisotopic (exact) mass is 172 g/mol. The summed E-state index contributed by atoms with van der Waals surface area (Å²) >= 11 is 0. The first-order chi connectivity index (χ1) is 6.42. The van der Waals surface area contributed by atoms with E-state index in [1.807, 2.05) is 12.3 Å². The molecule has 0 unspecified atom stereocenters. The molecular weight excluding hydrogens is 160 g/mol. The van der Waals surface area contributed by atoms with Gasteiger partial charge in [-0.25, -0.2) is 0 Å². The Hall–Kier alpha value is -1.62. The van der Waals surface area contributed by atoms with Crippen LogP contribution in [0, 0.1) is 12.3 Å². The Morgan fingerprint density at radius 1 is 1.54 bits per heavy atom. The van der Waals surface area contributed by atoms with Crippen LogP contribution in [0.5, 0.6) is 0 Å². The van der Waals surface area contributed by atoms with E-state index in [1.165, 1.54) is 5.82 Å². The van der Waals surface area contributed by atoms with E-state index in [0.717, 1.165) is 13.0 Å². The predicted octanol–water partition coefficient (Wildman–Crippen LogP) is 1.85. The second-order valence-electron chi connectivity index (χ2n) is 3.07. The molecule has 0 saturated heterocycles. The van der Waals surface area contributed by atoms with Crippen LogP contribution in [0.15, 0.2) is 30.6 Å². The fourth-order valence-electron chi connectivity index (χ4n) is 1.58. The van der Waals surface area contributed by atoms with E-state index in [2.05, 4.69) is 33.7 Å². The van der Waals surface area contributed by atoms with Crippen molar-refractivity contribution in [2.24, 2.45) is 0 Å². The van der Waals surface area contributed by atoms with E-state index in [4.69, 9.17) is 6.42 Å². The van der Waals surface area contributed by atoms with Crippen LogP contribution in [0.1, 0.15) is 6.42 Å². The summed E-state index contributed by atoms with van der Waals surface area (Å²) in [4.78, 5) is 2.22. The van der Waals surface area contributed by atoms with Gasteiger partial charge in [0.15, 0.2) is 0 Å². The summed E-state index contributed by atoms with van der Waals surface area (Å²) in [6.45, 7) is 1.71. The summed E-state index contributed by atoms with van der Waals surface area (Å²) in [6.07, 6.45) is 12.7. The van der Waals surface area contributed by atoms with Crippen LogP contribution in [-0.4, -0.2) is 11.1 Å². The van der Waals surface area contributed by atoms with Gasteiger partial charge in [0, 0.05) is 18.9 Å². The first-order valence-electron chi connectivity index (χ1n) is 4.44. The van der Waals surface area contributed by atoms with Crippen LogP contribution >= 0.6 is 0 Å². The molecule has 13 heavy (non-hydrogen) atoms. The van der Waals surface area contributed by atoms with Crippen molar-refractivity contribution in [2.75, 3.05) is 11.4 Å². The van der Waals surface area contributed by atoms with Gasteiger partial charge in [0.25, 0.3) is 0 Å². The molecule has 1 aromatic heterocycles. The summed E-state index contributed by atoms with van der Waals surface area (Å²) < 4.78 is 2.08. The Bertz CT molecular complexity index is 354. The normalized spacial score (nSPS) is 14.8. The Balaban J connectivity index is 2.24. The summed E-state index contributed by atoms with van der Waals surface area (Å²) in [5.41, 5.74) is 0. The van der Waals surface area contributed by atoms with E-state index in [-0.39, 0.29) is 0 Å². The summed E-state index contributed by atoms with van der Waals surface area (Å²) in [5.74, 6) is 3.83. The van der Waals surface area contributed by atoms with Crippen molar-refractivity contribution in [1.82, 2.24) is 4.57 Å². The lowest BCUT2D eigenvalue weighted by Gasteiger charge is -2.16. The maximum Gasteiger partial charge on any atom is 0.113 e. The summed E-state index contributed by atoms with van der Waals surface area (Å²) in [5, 5.41) is 0. The van der Waals surface area contributed by atoms with Crippen LogP contribution in [0.2, 0.25) is 0 Å². The lowest BCUT2D eigenvalue weighted by atomic mass is 10.5. The largest absolute Gasteiger partial charge is 0.334 e. The number of terminal acetylenes is 1. The van der Waals surface area contributed by atoms with Gasteiger partial charge in [-0.3, -0.25) is 0 Å². The van der Waals surface area contributed by atoms with Crippen molar-refractivity contribution in [1.29, 1.82) is 0 Å². The molecule has 0 N–H and O–H groups in total. The van der Waals surface area contributed by atoms with E-state index in [0.29, 0.717) is 6.54 Å². The molecule has 2 heterocycles. The molecule has 1 aliphatic heterocycles. The number of rotatable bonds is 2. The maximum atomic E-state index is 5.28. The molecule has 0 aliphatic carbocycles. The van der Waals surface area contributed by atoms with Crippen LogP contribution in [-0.2, 0) is 6.54 Å². The molecule has 66 valence electrons. The third kappa shape index (κ3) is 1.46. The molecule has 0 aromatic carbocycles. The molecule has 2 nitrogen and oxygen atoms in total. The highest BCUT2D eigenvalue weighted by Crippen LogP contribution is 2.19. The second kappa shape index (κ2) is 3.40. The molecule has 0 spiro atoms. The first kappa shape index (κ1) is 8.00. The third-order valence-corrected chi connectivity index (χ3v) is 2.18. The fraction of sp³-hybridized carbons (Fsp3) is 0.273. The number of hydrogen-bond acceptors (Lipinski definition) is 1. The zero-order chi connectivity index (χ0) is 9.10. The molecule has 2 rings (SSSR count). The molecule has 0 radical (unpaired) electrons. The van der Waals surface area contributed by atoms with Gasteiger partial charge in [-0.15, -0.1) is 6.42 Å². The quantitative estimate of drug-likeness (QED) is 0.618. The Morgan fingerprint density at radius 3 is 3.15 bits per heavy atom. The van der Waals surface area contributed by atoms with Crippen molar-refractivity contribution in [3.8, 4) is 12.3 Å². The molecule has 0 saturated carbocycles. The molecule has 0 atom stereocenters. The molecule has 0 bridgehead atoms. The Labute approximate surface area is 78.5 Å². The predicted molar refractivity (Wildman–Crippen MR) is 54.4 cm³/mol. The molecule has 2 heteroatoms. The molecule has 1 aliphatic rings. The fourth-order valence-corrected chi connectivity index (χ4v) is 1.58. The summed E-state index contributed by atoms with van der Waals surface area (Å²) in [7, 11) is 0. The van der Waals surface area contributed by atoms with Crippen molar-refractivity contribution in [2.45, 2.75) is 13.0 Å². The highest BCUT2D eigenvalue weighted by molar-refractivity contribution is 5.46. The topological polar surface area (TPSA) is 8.17 Å². The van der Waals surface area contributed by atoms with Gasteiger partial charge in [-0.05, 0) is 18.6 Å². The number of hydrogen-bond donors (Lipinski definition) is 0. The zero-order valence-corrected chi connectivity index (χ0v) is 7.48. The number of anilines is 1. The van der Waals surface area contributed by atoms with E-state index < -0.39 is 0 Å². The minimum atomic E-state index is 0.646. The van der Waals surface area contributed by atoms with Crippen molar-refractivity contribution >= 4 is 5.82 Å². The SMILES string of the molecule is C#CCn1cccc1N1C=CCC1. The minimum absolute atomic E-state index is 0.646. The molecule has 0 fully saturated rings. The zero-order valence-electron chi connectivity index (χ0n) is 7.48. The van der Waals surface area contributed by atoms with Crippen LogP contribution in [0.4, 0.5) is 5.82 Å². The third-order valence-electron chi connectivity index (χ3n) is 2.18. The highest BCUT2D eigenvalue weighted by Gasteiger charge is 2.09. The molecule has 1 aromatic rings. The van der Waals surface area contributed by atoms with Gasteiger partial charge >= 0.3 is 0 Å². The molecule has 0 amide bonds. The Kier molecular flexibility index (Phi) is 2.09. The van der Waals surface area contributed by atoms with Crippen LogP contribution < -0.4 is 4.90 Å². The minimum Gasteiger partial charge on any atom is -0.334 e. The van der Waals surface area contributed by atoms with E-state index >= 15 is 0 Å². The standard InChI is InChI=1S/C11H12N2/c1-2-7-12-10-5-6-11(12)13-8-3-4-9-13/h1,3,5-6,8,10H,4,7,9H2. The van der Waals surface area contributed by atoms with Crippen LogP contribution in [0.3, 0.4) is 0 Å². The average molecular weight is 172 g/mol. The van der Waals surface area contributed by atoms with Gasteiger partial charge in [0.05, 0.1) is 6.54 Å². The van der Waals surface area contributed by atoms with E-state index in [9.17, 15) is 0 Å². The van der Waals surface area contributed by atoms with Crippen LogP contribution in [0.25, 0.3) is 0 Å². The summed E-state index contributed by atoms with van der Waals surface area (Å²) in [6, 6.07) is 4.12. The smallest absolute Gasteiger partial charge is 0.113 e. The number of aromatic nitrogens is 1. The lowest BCUT2D eigenvalue weighted by molar-refractivity contribution is 0.817. The highest BCUT2D eigenvalue weighted by atomic mass is 15.2. The number of nitrogens with zero attached hydrogens (tertiary/aromatic N) is 2. The second-order valence-corrected chi connectivity index (χ2v) is 3.07. The van der Waals surface area contributed by atoms with Crippen molar-refractivity contribution in [3.63, 3.8) is 0 Å². The average Bonchev–Trinajstić information content (AvgIpc) is 2.71. The van der Waals surface area contributed by atoms with E-state index in [1.54, 1.807) is 0 Å². The van der Waals surface area contributed by atoms with Gasteiger partial charge in [0.1, 0.15) is 5.82 Å².